The van der Waals surface area contributed by atoms with Crippen molar-refractivity contribution in [2.24, 2.45) is 0 Å². The van der Waals surface area contributed by atoms with E-state index in [1.54, 1.807) is 12.4 Å². The summed E-state index contributed by atoms with van der Waals surface area (Å²) >= 11 is 0. The maximum absolute atomic E-state index is 14.6. The minimum absolute atomic E-state index is 0.0937. The molecule has 5 rings (SSSR count). The van der Waals surface area contributed by atoms with Crippen molar-refractivity contribution >= 4 is 33.0 Å². The fraction of sp³-hybridized carbons (Fsp3) is 0.409. The van der Waals surface area contributed by atoms with Gasteiger partial charge in [-0.2, -0.15) is 4.98 Å². The van der Waals surface area contributed by atoms with Crippen molar-refractivity contribution in [2.45, 2.75) is 43.4 Å². The summed E-state index contributed by atoms with van der Waals surface area (Å²) in [5, 5.41) is 15.6. The van der Waals surface area contributed by atoms with Gasteiger partial charge in [0.1, 0.15) is 11.6 Å². The Kier molecular flexibility index (Phi) is 5.87. The Balaban J connectivity index is 1.34. The number of fused-ring (bicyclic) bond motifs is 1. The van der Waals surface area contributed by atoms with Gasteiger partial charge in [-0.15, -0.1) is 10.2 Å². The summed E-state index contributed by atoms with van der Waals surface area (Å²) in [6.45, 7) is 5.53. The predicted molar refractivity (Wildman–Crippen MR) is 126 cm³/mol. The largest absolute Gasteiger partial charge is 0.335 e. The molecule has 0 saturated carbocycles. The van der Waals surface area contributed by atoms with Crippen LogP contribution in [0.15, 0.2) is 40.0 Å². The summed E-state index contributed by atoms with van der Waals surface area (Å²) in [6.07, 6.45) is 6.05. The molecule has 4 aromatic rings. The van der Waals surface area contributed by atoms with Crippen molar-refractivity contribution in [2.75, 3.05) is 29.6 Å². The van der Waals surface area contributed by atoms with Crippen LogP contribution in [0.4, 0.5) is 21.9 Å². The Morgan fingerprint density at radius 1 is 1.20 bits per heavy atom. The zero-order valence-electron chi connectivity index (χ0n) is 19.5. The molecular formula is C22H25FN8O3S. The fourth-order valence-electron chi connectivity index (χ4n) is 4.08. The van der Waals surface area contributed by atoms with E-state index < -0.39 is 15.7 Å². The number of piperidine rings is 1. The zero-order valence-corrected chi connectivity index (χ0v) is 20.3. The van der Waals surface area contributed by atoms with Gasteiger partial charge in [-0.05, 0) is 31.0 Å². The molecule has 0 spiro atoms. The van der Waals surface area contributed by atoms with Gasteiger partial charge < -0.3 is 14.7 Å². The number of aromatic nitrogens is 6. The second-order valence-electron chi connectivity index (χ2n) is 8.92. The molecule has 1 fully saturated rings. The highest BCUT2D eigenvalue weighted by Crippen LogP contribution is 2.31. The maximum Gasteiger partial charge on any atom is 0.324 e. The molecule has 13 heteroatoms. The van der Waals surface area contributed by atoms with Crippen molar-refractivity contribution in [3.63, 3.8) is 0 Å². The van der Waals surface area contributed by atoms with E-state index in [4.69, 9.17) is 4.52 Å². The van der Waals surface area contributed by atoms with Crippen LogP contribution in [-0.2, 0) is 9.84 Å². The first kappa shape index (κ1) is 23.1. The summed E-state index contributed by atoms with van der Waals surface area (Å²) in [5.74, 6) is 1.48. The lowest BCUT2D eigenvalue weighted by molar-refractivity contribution is 0.384. The molecule has 0 radical (unpaired) electrons. The van der Waals surface area contributed by atoms with Gasteiger partial charge in [-0.25, -0.2) is 17.8 Å². The summed E-state index contributed by atoms with van der Waals surface area (Å²) in [5.41, 5.74) is 0.547. The molecule has 35 heavy (non-hydrogen) atoms. The molecule has 1 aliphatic rings. The van der Waals surface area contributed by atoms with Gasteiger partial charge in [-0.3, -0.25) is 4.40 Å². The average molecular weight is 501 g/mol. The molecule has 1 saturated heterocycles. The zero-order chi connectivity index (χ0) is 24.7. The molecule has 0 bridgehead atoms. The van der Waals surface area contributed by atoms with E-state index in [9.17, 15) is 12.8 Å². The number of sulfone groups is 1. The van der Waals surface area contributed by atoms with Gasteiger partial charge in [0.15, 0.2) is 21.5 Å². The average Bonchev–Trinajstić information content (AvgIpc) is 3.48. The van der Waals surface area contributed by atoms with Gasteiger partial charge in [0.05, 0.1) is 10.6 Å². The smallest absolute Gasteiger partial charge is 0.324 e. The van der Waals surface area contributed by atoms with Crippen LogP contribution in [0.3, 0.4) is 0 Å². The summed E-state index contributed by atoms with van der Waals surface area (Å²) < 4.78 is 45.2. The summed E-state index contributed by atoms with van der Waals surface area (Å²) in [7, 11) is -3.51. The van der Waals surface area contributed by atoms with Crippen LogP contribution in [0.5, 0.6) is 0 Å². The maximum atomic E-state index is 14.6. The van der Waals surface area contributed by atoms with Crippen LogP contribution in [0, 0.1) is 5.82 Å². The second kappa shape index (κ2) is 8.87. The molecule has 0 amide bonds. The Labute approximate surface area is 201 Å². The van der Waals surface area contributed by atoms with Gasteiger partial charge >= 0.3 is 6.01 Å². The third kappa shape index (κ3) is 4.55. The molecular weight excluding hydrogens is 475 g/mol. The number of nitrogens with zero attached hydrogens (tertiary/aromatic N) is 7. The van der Waals surface area contributed by atoms with Crippen LogP contribution in [0.25, 0.3) is 5.65 Å². The number of rotatable bonds is 6. The predicted octanol–water partition coefficient (Wildman–Crippen LogP) is 3.30. The van der Waals surface area contributed by atoms with Crippen LogP contribution >= 0.6 is 0 Å². The first-order valence-electron chi connectivity index (χ1n) is 11.3. The van der Waals surface area contributed by atoms with E-state index in [1.165, 1.54) is 12.1 Å². The number of anilines is 3. The van der Waals surface area contributed by atoms with Gasteiger partial charge in [0.2, 0.25) is 5.65 Å². The number of hydrogen-bond donors (Lipinski definition) is 1. The van der Waals surface area contributed by atoms with Crippen molar-refractivity contribution in [1.82, 2.24) is 29.7 Å². The topological polar surface area (TPSA) is 131 Å². The first-order chi connectivity index (χ1) is 16.7. The number of hydrogen-bond acceptors (Lipinski definition) is 10. The summed E-state index contributed by atoms with van der Waals surface area (Å²) in [6, 6.07) is 4.23. The van der Waals surface area contributed by atoms with E-state index in [2.05, 4.69) is 35.5 Å². The minimum atomic E-state index is -3.51. The molecule has 1 N–H and O–H groups in total. The summed E-state index contributed by atoms with van der Waals surface area (Å²) in [4.78, 5) is 10.8. The lowest BCUT2D eigenvalue weighted by Crippen LogP contribution is -2.33. The lowest BCUT2D eigenvalue weighted by atomic mass is 9.96. The van der Waals surface area contributed by atoms with Crippen LogP contribution < -0.4 is 10.2 Å². The van der Waals surface area contributed by atoms with Crippen LogP contribution in [0.1, 0.15) is 50.2 Å². The lowest BCUT2D eigenvalue weighted by Gasteiger charge is -2.29. The molecule has 0 atom stereocenters. The molecule has 11 nitrogen and oxygen atoms in total. The Morgan fingerprint density at radius 3 is 2.63 bits per heavy atom. The number of benzene rings is 1. The van der Waals surface area contributed by atoms with E-state index >= 15 is 0 Å². The molecule has 0 aliphatic carbocycles. The first-order valence-corrected chi connectivity index (χ1v) is 13.1. The monoisotopic (exact) mass is 500 g/mol. The minimum Gasteiger partial charge on any atom is -0.335 e. The highest BCUT2D eigenvalue weighted by atomic mass is 32.2. The van der Waals surface area contributed by atoms with Crippen molar-refractivity contribution < 1.29 is 17.3 Å². The number of nitrogens with one attached hydrogen (secondary N) is 1. The Bertz CT molecular complexity index is 1480. The molecule has 1 aromatic carbocycles. The molecule has 4 heterocycles. The van der Waals surface area contributed by atoms with E-state index in [1.807, 2.05) is 18.2 Å². The third-order valence-corrected chi connectivity index (χ3v) is 7.16. The highest BCUT2D eigenvalue weighted by molar-refractivity contribution is 7.90. The van der Waals surface area contributed by atoms with Crippen molar-refractivity contribution in [3.05, 3.63) is 48.1 Å². The van der Waals surface area contributed by atoms with Crippen LogP contribution in [0.2, 0.25) is 0 Å². The van der Waals surface area contributed by atoms with Crippen molar-refractivity contribution in [1.29, 1.82) is 0 Å². The SMILES string of the molecule is CC(C)c1noc(N2CCC(c3nnc4c(Nc5ccc(S(C)(=O)=O)cc5F)nccn34)CC2)n1. The highest BCUT2D eigenvalue weighted by Gasteiger charge is 2.28. The Morgan fingerprint density at radius 2 is 1.97 bits per heavy atom. The van der Waals surface area contributed by atoms with Crippen LogP contribution in [-0.4, -0.2) is 57.5 Å². The normalized spacial score (nSPS) is 15.3. The van der Waals surface area contributed by atoms with Gasteiger partial charge in [0.25, 0.3) is 0 Å². The van der Waals surface area contributed by atoms with E-state index in [0.717, 1.165) is 44.1 Å². The van der Waals surface area contributed by atoms with Gasteiger partial charge in [-0.1, -0.05) is 19.0 Å². The fourth-order valence-corrected chi connectivity index (χ4v) is 4.72. The number of halogens is 1. The third-order valence-electron chi connectivity index (χ3n) is 6.05. The Hall–Kier alpha value is -3.61. The van der Waals surface area contributed by atoms with E-state index in [-0.39, 0.29) is 22.4 Å². The standard InChI is InChI=1S/C22H25FN8O3S/c1-13(2)18-26-22(34-29-18)30-9-6-14(7-10-30)20-27-28-21-19(24-8-11-31(20)21)25-17-5-4-15(12-16(17)23)35(3,32)33/h4-5,8,11-14H,6-7,9-10H2,1-3H3,(H,24,25). The van der Waals surface area contributed by atoms with E-state index in [0.29, 0.717) is 23.3 Å². The second-order valence-corrected chi connectivity index (χ2v) is 10.9. The van der Waals surface area contributed by atoms with Gasteiger partial charge in [0, 0.05) is 43.6 Å². The quantitative estimate of drug-likeness (QED) is 0.421. The molecule has 0 unspecified atom stereocenters. The molecule has 1 aliphatic heterocycles. The van der Waals surface area contributed by atoms with Crippen molar-refractivity contribution in [3.8, 4) is 0 Å². The molecule has 184 valence electrons. The molecule has 3 aromatic heterocycles.